The molecule has 0 spiro atoms. The second-order valence-electron chi connectivity index (χ2n) is 15.2. The fraction of sp³-hybridized carbons (Fsp3) is 0.347. The number of carboxylic acids is 1. The first kappa shape index (κ1) is 37.0. The number of nitrogens with zero attached hydrogens (tertiary/aromatic N) is 3. The lowest BCUT2D eigenvalue weighted by Crippen LogP contribution is -2.24. The minimum atomic E-state index is -1.15. The first-order valence-corrected chi connectivity index (χ1v) is 20.2. The number of benzene rings is 4. The molecule has 0 fully saturated rings. The summed E-state index contributed by atoms with van der Waals surface area (Å²) in [5.74, 6) is -1.15. The van der Waals surface area contributed by atoms with Gasteiger partial charge >= 0.3 is 5.97 Å². The molecule has 0 unspecified atom stereocenters. The number of aliphatic carboxylic acids is 1. The lowest BCUT2D eigenvalue weighted by molar-refractivity contribution is -0.132. The summed E-state index contributed by atoms with van der Waals surface area (Å²) in [6.45, 7) is 6.48. The Morgan fingerprint density at radius 1 is 0.704 bits per heavy atom. The van der Waals surface area contributed by atoms with Crippen molar-refractivity contribution in [2.45, 2.75) is 97.3 Å². The number of hydrogen-bond acceptors (Lipinski definition) is 4. The van der Waals surface area contributed by atoms with Gasteiger partial charge in [0, 0.05) is 35.8 Å². The predicted octanol–water partition coefficient (Wildman–Crippen LogP) is 12.0. The Labute approximate surface area is 322 Å². The molecule has 0 bridgehead atoms. The van der Waals surface area contributed by atoms with Crippen LogP contribution in [0.15, 0.2) is 114 Å². The van der Waals surface area contributed by atoms with E-state index in [-0.39, 0.29) is 5.57 Å². The fourth-order valence-corrected chi connectivity index (χ4v) is 8.45. The molecule has 54 heavy (non-hydrogen) atoms. The molecule has 276 valence electrons. The van der Waals surface area contributed by atoms with Gasteiger partial charge in [-0.3, -0.25) is 0 Å². The van der Waals surface area contributed by atoms with Crippen LogP contribution in [0.4, 0.5) is 22.7 Å². The van der Waals surface area contributed by atoms with Crippen molar-refractivity contribution >= 4 is 34.3 Å². The Hall–Kier alpha value is -5.34. The van der Waals surface area contributed by atoms with Gasteiger partial charge in [-0.25, -0.2) is 4.79 Å². The van der Waals surface area contributed by atoms with Crippen molar-refractivity contribution < 1.29 is 9.90 Å². The maximum Gasteiger partial charge on any atom is 0.346 e. The van der Waals surface area contributed by atoms with Crippen molar-refractivity contribution in [3.63, 3.8) is 0 Å². The SMILES string of the molecule is CCCCc1ccc(N2CCCc3cc(C(=CC4=C/C(=C(\C#N)C(=O)O)CCC4)c4ccc5c(c4)CCCN5c4ccc(CCCC)cc4)ccc32)cc1. The van der Waals surface area contributed by atoms with Gasteiger partial charge < -0.3 is 14.9 Å². The smallest absolute Gasteiger partial charge is 0.346 e. The van der Waals surface area contributed by atoms with Gasteiger partial charge in [0.1, 0.15) is 11.6 Å². The first-order valence-electron chi connectivity index (χ1n) is 20.2. The second kappa shape index (κ2) is 17.2. The first-order chi connectivity index (χ1) is 26.4. The lowest BCUT2D eigenvalue weighted by Gasteiger charge is -2.33. The zero-order valence-electron chi connectivity index (χ0n) is 32.0. The standard InChI is InChI=1S/C49H53N3O2/c1-3-5-10-35-16-22-43(23-17-35)51-28-8-14-41-32-39(20-26-47(41)51)45(31-37-12-7-13-38(30-37)46(34-50)49(53)54)40-21-27-48-42(33-40)15-9-29-52(48)44-24-18-36(19-25-44)11-6-4-2/h16-27,30-33H,3-15,28-29H2,1-2H3,(H,53,54)/b46-38+. The van der Waals surface area contributed by atoms with E-state index in [1.807, 2.05) is 12.1 Å². The second-order valence-corrected chi connectivity index (χ2v) is 15.2. The summed E-state index contributed by atoms with van der Waals surface area (Å²) in [6, 6.07) is 34.1. The van der Waals surface area contributed by atoms with E-state index in [4.69, 9.17) is 0 Å². The summed E-state index contributed by atoms with van der Waals surface area (Å²) in [6.07, 6.45) is 17.8. The van der Waals surface area contributed by atoms with Gasteiger partial charge in [0.05, 0.1) is 0 Å². The molecule has 1 aliphatic carbocycles. The molecule has 1 N–H and O–H groups in total. The summed E-state index contributed by atoms with van der Waals surface area (Å²) in [4.78, 5) is 16.9. The zero-order chi connectivity index (χ0) is 37.4. The van der Waals surface area contributed by atoms with Crippen LogP contribution >= 0.6 is 0 Å². The number of carboxylic acid groups (broad SMARTS) is 1. The molecular weight excluding hydrogens is 663 g/mol. The highest BCUT2D eigenvalue weighted by atomic mass is 16.4. The van der Waals surface area contributed by atoms with Gasteiger partial charge in [-0.05, 0) is 169 Å². The molecule has 7 rings (SSSR count). The maximum atomic E-state index is 11.9. The van der Waals surface area contributed by atoms with Crippen LogP contribution < -0.4 is 9.80 Å². The monoisotopic (exact) mass is 715 g/mol. The molecular formula is C49H53N3O2. The molecule has 0 saturated carbocycles. The molecule has 2 aliphatic heterocycles. The Morgan fingerprint density at radius 2 is 1.22 bits per heavy atom. The quantitative estimate of drug-likeness (QED) is 0.117. The number of rotatable bonds is 12. The summed E-state index contributed by atoms with van der Waals surface area (Å²) in [5, 5.41) is 19.4. The molecule has 0 atom stereocenters. The third-order valence-electron chi connectivity index (χ3n) is 11.4. The van der Waals surface area contributed by atoms with E-state index in [2.05, 4.69) is 115 Å². The molecule has 0 amide bonds. The minimum Gasteiger partial charge on any atom is -0.477 e. The highest BCUT2D eigenvalue weighted by Crippen LogP contribution is 2.40. The highest BCUT2D eigenvalue weighted by molar-refractivity contribution is 5.93. The van der Waals surface area contributed by atoms with E-state index in [1.165, 1.54) is 70.7 Å². The number of carbonyl (C=O) groups is 1. The number of hydrogen-bond donors (Lipinski definition) is 1. The van der Waals surface area contributed by atoms with E-state index >= 15 is 0 Å². The molecule has 0 saturated heterocycles. The van der Waals surface area contributed by atoms with Crippen molar-refractivity contribution in [1.82, 2.24) is 0 Å². The molecule has 0 radical (unpaired) electrons. The Balaban J connectivity index is 1.27. The van der Waals surface area contributed by atoms with Gasteiger partial charge in [0.2, 0.25) is 0 Å². The van der Waals surface area contributed by atoms with Gasteiger partial charge in [0.15, 0.2) is 0 Å². The van der Waals surface area contributed by atoms with E-state index in [0.717, 1.165) is 86.7 Å². The van der Waals surface area contributed by atoms with E-state index in [1.54, 1.807) is 0 Å². The Kier molecular flexibility index (Phi) is 11.8. The minimum absolute atomic E-state index is 0.151. The van der Waals surface area contributed by atoms with E-state index < -0.39 is 5.97 Å². The molecule has 4 aromatic carbocycles. The van der Waals surface area contributed by atoms with Gasteiger partial charge in [0.25, 0.3) is 0 Å². The van der Waals surface area contributed by atoms with Crippen LogP contribution in [0, 0.1) is 11.3 Å². The van der Waals surface area contributed by atoms with Gasteiger partial charge in [-0.1, -0.05) is 75.2 Å². The zero-order valence-corrected chi connectivity index (χ0v) is 32.0. The number of aryl methyl sites for hydroxylation is 4. The topological polar surface area (TPSA) is 67.6 Å². The summed E-state index contributed by atoms with van der Waals surface area (Å²) in [7, 11) is 0. The Morgan fingerprint density at radius 3 is 1.69 bits per heavy atom. The number of fused-ring (bicyclic) bond motifs is 2. The third kappa shape index (κ3) is 8.24. The van der Waals surface area contributed by atoms with Crippen LogP contribution in [-0.4, -0.2) is 24.2 Å². The predicted molar refractivity (Wildman–Crippen MR) is 223 cm³/mol. The van der Waals surface area contributed by atoms with Crippen LogP contribution in [0.25, 0.3) is 5.57 Å². The summed E-state index contributed by atoms with van der Waals surface area (Å²) < 4.78 is 0. The number of unbranched alkanes of at least 4 members (excludes halogenated alkanes) is 2. The molecule has 2 heterocycles. The average Bonchev–Trinajstić information content (AvgIpc) is 3.21. The van der Waals surface area contributed by atoms with Crippen molar-refractivity contribution in [2.75, 3.05) is 22.9 Å². The van der Waals surface area contributed by atoms with Gasteiger partial charge in [-0.2, -0.15) is 5.26 Å². The van der Waals surface area contributed by atoms with E-state index in [9.17, 15) is 15.2 Å². The molecule has 3 aliphatic rings. The van der Waals surface area contributed by atoms with Crippen LogP contribution in [0.5, 0.6) is 0 Å². The Bertz CT molecular complexity index is 2000. The fourth-order valence-electron chi connectivity index (χ4n) is 8.45. The van der Waals surface area contributed by atoms with Crippen LogP contribution in [-0.2, 0) is 30.5 Å². The van der Waals surface area contributed by atoms with E-state index in [0.29, 0.717) is 12.0 Å². The molecule has 0 aromatic heterocycles. The summed E-state index contributed by atoms with van der Waals surface area (Å²) in [5.41, 5.74) is 15.5. The summed E-state index contributed by atoms with van der Waals surface area (Å²) >= 11 is 0. The third-order valence-corrected chi connectivity index (χ3v) is 11.4. The normalized spacial score (nSPS) is 16.1. The molecule has 5 heteroatoms. The van der Waals surface area contributed by atoms with Crippen LogP contribution in [0.2, 0.25) is 0 Å². The number of allylic oxidation sites excluding steroid dienone is 4. The highest BCUT2D eigenvalue weighted by Gasteiger charge is 2.23. The van der Waals surface area contributed by atoms with Crippen molar-refractivity contribution in [1.29, 1.82) is 5.26 Å². The van der Waals surface area contributed by atoms with Crippen molar-refractivity contribution in [3.8, 4) is 6.07 Å². The number of anilines is 4. The van der Waals surface area contributed by atoms with Crippen molar-refractivity contribution in [2.24, 2.45) is 0 Å². The van der Waals surface area contributed by atoms with Crippen LogP contribution in [0.3, 0.4) is 0 Å². The van der Waals surface area contributed by atoms with Crippen molar-refractivity contribution in [3.05, 3.63) is 147 Å². The number of nitriles is 1. The maximum absolute atomic E-state index is 11.9. The lowest BCUT2D eigenvalue weighted by atomic mass is 9.86. The van der Waals surface area contributed by atoms with Crippen LogP contribution in [0.1, 0.15) is 105 Å². The molecule has 5 nitrogen and oxygen atoms in total. The largest absolute Gasteiger partial charge is 0.477 e. The molecule has 4 aromatic rings. The average molecular weight is 716 g/mol. The van der Waals surface area contributed by atoms with Gasteiger partial charge in [-0.15, -0.1) is 0 Å².